The molecule has 0 bridgehead atoms. The lowest BCUT2D eigenvalue weighted by Gasteiger charge is -2.27. The number of hydrogen-bond acceptors (Lipinski definition) is 3. The van der Waals surface area contributed by atoms with Crippen LogP contribution in [0.15, 0.2) is 30.5 Å². The van der Waals surface area contributed by atoms with Gasteiger partial charge >= 0.3 is 0 Å². The molecule has 6 heteroatoms. The van der Waals surface area contributed by atoms with E-state index in [0.717, 1.165) is 30.6 Å². The minimum absolute atomic E-state index is 0.0633. The smallest absolute Gasteiger partial charge is 0.248 e. The number of fused-ring (bicyclic) bond motifs is 1. The average Bonchev–Trinajstić information content (AvgIpc) is 3.21. The van der Waals surface area contributed by atoms with E-state index in [9.17, 15) is 9.59 Å². The number of amides is 2. The second kappa shape index (κ2) is 6.35. The molecule has 25 heavy (non-hydrogen) atoms. The maximum Gasteiger partial charge on any atom is 0.248 e. The highest BCUT2D eigenvalue weighted by Crippen LogP contribution is 2.35. The number of anilines is 1. The first-order valence-electron chi connectivity index (χ1n) is 8.85. The highest BCUT2D eigenvalue weighted by atomic mass is 16.2. The van der Waals surface area contributed by atoms with Crippen LogP contribution < -0.4 is 10.6 Å². The Morgan fingerprint density at radius 2 is 2.12 bits per heavy atom. The van der Waals surface area contributed by atoms with Crippen LogP contribution in [-0.2, 0) is 16.0 Å². The minimum Gasteiger partial charge on any atom is -0.344 e. The molecule has 2 atom stereocenters. The van der Waals surface area contributed by atoms with Gasteiger partial charge in [-0.05, 0) is 43.7 Å². The third kappa shape index (κ3) is 2.92. The van der Waals surface area contributed by atoms with Gasteiger partial charge in [-0.1, -0.05) is 24.3 Å². The number of benzene rings is 1. The Labute approximate surface area is 146 Å². The molecule has 2 aliphatic rings. The summed E-state index contributed by atoms with van der Waals surface area (Å²) in [4.78, 5) is 23.9. The largest absolute Gasteiger partial charge is 0.344 e. The van der Waals surface area contributed by atoms with Crippen molar-refractivity contribution in [2.24, 2.45) is 0 Å². The molecule has 0 spiro atoms. The minimum atomic E-state index is -0.450. The van der Waals surface area contributed by atoms with E-state index in [4.69, 9.17) is 0 Å². The lowest BCUT2D eigenvalue weighted by atomic mass is 9.88. The molecule has 2 heterocycles. The third-order valence-corrected chi connectivity index (χ3v) is 5.16. The standard InChI is InChI=1S/C19H22N4O2/c1-12-11-20-23(16-8-4-6-13-5-2-3-7-14(13)16)18(12)22-19(25)15-9-10-17(24)21-15/h2-3,5,7,11,15-16H,4,6,8-10H2,1H3,(H,21,24)(H,22,25)/t15-,16+/m1/s1. The first kappa shape index (κ1) is 15.9. The van der Waals surface area contributed by atoms with E-state index in [0.29, 0.717) is 12.8 Å². The van der Waals surface area contributed by atoms with Gasteiger partial charge in [-0.25, -0.2) is 4.68 Å². The van der Waals surface area contributed by atoms with Crippen LogP contribution in [0.4, 0.5) is 5.82 Å². The van der Waals surface area contributed by atoms with Crippen LogP contribution in [0.3, 0.4) is 0 Å². The van der Waals surface area contributed by atoms with Gasteiger partial charge in [-0.15, -0.1) is 0 Å². The molecule has 1 aliphatic carbocycles. The summed E-state index contributed by atoms with van der Waals surface area (Å²) in [5, 5.41) is 10.3. The van der Waals surface area contributed by atoms with Gasteiger partial charge in [0.1, 0.15) is 11.9 Å². The fraction of sp³-hybridized carbons (Fsp3) is 0.421. The maximum absolute atomic E-state index is 12.5. The van der Waals surface area contributed by atoms with Crippen molar-refractivity contribution in [1.82, 2.24) is 15.1 Å². The Morgan fingerprint density at radius 1 is 1.28 bits per heavy atom. The molecule has 1 saturated heterocycles. The zero-order valence-corrected chi connectivity index (χ0v) is 14.3. The summed E-state index contributed by atoms with van der Waals surface area (Å²) in [6.45, 7) is 1.95. The van der Waals surface area contributed by atoms with Crippen molar-refractivity contribution < 1.29 is 9.59 Å². The van der Waals surface area contributed by atoms with Crippen molar-refractivity contribution in [2.75, 3.05) is 5.32 Å². The zero-order chi connectivity index (χ0) is 17.4. The zero-order valence-electron chi connectivity index (χ0n) is 14.3. The van der Waals surface area contributed by atoms with E-state index in [1.54, 1.807) is 6.20 Å². The Hall–Kier alpha value is -2.63. The fourth-order valence-electron chi connectivity index (χ4n) is 3.84. The number of carbonyl (C=O) groups is 2. The van der Waals surface area contributed by atoms with Crippen molar-refractivity contribution in [3.63, 3.8) is 0 Å². The van der Waals surface area contributed by atoms with Gasteiger partial charge in [0.05, 0.1) is 12.2 Å². The Balaban J connectivity index is 1.62. The van der Waals surface area contributed by atoms with Crippen molar-refractivity contribution in [3.8, 4) is 0 Å². The van der Waals surface area contributed by atoms with Gasteiger partial charge in [0.2, 0.25) is 11.8 Å². The summed E-state index contributed by atoms with van der Waals surface area (Å²) in [6, 6.07) is 8.13. The monoisotopic (exact) mass is 338 g/mol. The average molecular weight is 338 g/mol. The summed E-state index contributed by atoms with van der Waals surface area (Å²) in [5.74, 6) is 0.499. The van der Waals surface area contributed by atoms with Crippen molar-refractivity contribution >= 4 is 17.6 Å². The summed E-state index contributed by atoms with van der Waals surface area (Å²) in [7, 11) is 0. The molecule has 0 radical (unpaired) electrons. The van der Waals surface area contributed by atoms with Crippen LogP contribution >= 0.6 is 0 Å². The summed E-state index contributed by atoms with van der Waals surface area (Å²) >= 11 is 0. The van der Waals surface area contributed by atoms with Crippen LogP contribution in [0.5, 0.6) is 0 Å². The Kier molecular flexibility index (Phi) is 4.03. The molecule has 1 fully saturated rings. The highest BCUT2D eigenvalue weighted by Gasteiger charge is 2.30. The van der Waals surface area contributed by atoms with Crippen molar-refractivity contribution in [3.05, 3.63) is 47.2 Å². The number of carbonyl (C=O) groups excluding carboxylic acids is 2. The molecule has 2 amide bonds. The van der Waals surface area contributed by atoms with Gasteiger partial charge in [0, 0.05) is 12.0 Å². The molecule has 130 valence electrons. The number of nitrogens with zero attached hydrogens (tertiary/aromatic N) is 2. The van der Waals surface area contributed by atoms with E-state index < -0.39 is 6.04 Å². The third-order valence-electron chi connectivity index (χ3n) is 5.16. The quantitative estimate of drug-likeness (QED) is 0.902. The van der Waals surface area contributed by atoms with Gasteiger partial charge in [-0.2, -0.15) is 5.10 Å². The molecule has 2 N–H and O–H groups in total. The molecule has 4 rings (SSSR count). The number of aryl methyl sites for hydroxylation is 2. The lowest BCUT2D eigenvalue weighted by molar-refractivity contribution is -0.122. The summed E-state index contributed by atoms with van der Waals surface area (Å²) in [6.07, 6.45) is 5.94. The van der Waals surface area contributed by atoms with Gasteiger partial charge in [0.15, 0.2) is 0 Å². The molecule has 6 nitrogen and oxygen atoms in total. The number of hydrogen-bond donors (Lipinski definition) is 2. The SMILES string of the molecule is Cc1cnn([C@H]2CCCc3ccccc32)c1NC(=O)[C@H]1CCC(=O)N1. The van der Waals surface area contributed by atoms with E-state index in [-0.39, 0.29) is 17.9 Å². The normalized spacial score (nSPS) is 22.4. The molecule has 0 unspecified atom stereocenters. The van der Waals surface area contributed by atoms with Crippen molar-refractivity contribution in [2.45, 2.75) is 51.1 Å². The Morgan fingerprint density at radius 3 is 2.92 bits per heavy atom. The number of aromatic nitrogens is 2. The van der Waals surface area contributed by atoms with Gasteiger partial charge < -0.3 is 10.6 Å². The summed E-state index contributed by atoms with van der Waals surface area (Å²) in [5.41, 5.74) is 3.56. The predicted molar refractivity (Wildman–Crippen MR) is 94.3 cm³/mol. The molecule has 0 saturated carbocycles. The molecule has 1 aliphatic heterocycles. The van der Waals surface area contributed by atoms with E-state index in [1.165, 1.54) is 11.1 Å². The second-order valence-corrected chi connectivity index (χ2v) is 6.88. The van der Waals surface area contributed by atoms with Crippen LogP contribution in [0.2, 0.25) is 0 Å². The molecule has 2 aromatic rings. The highest BCUT2D eigenvalue weighted by molar-refractivity contribution is 5.98. The summed E-state index contributed by atoms with van der Waals surface area (Å²) < 4.78 is 1.93. The molecular formula is C19H22N4O2. The van der Waals surface area contributed by atoms with Crippen LogP contribution in [0, 0.1) is 6.92 Å². The second-order valence-electron chi connectivity index (χ2n) is 6.88. The van der Waals surface area contributed by atoms with Crippen LogP contribution in [-0.4, -0.2) is 27.6 Å². The van der Waals surface area contributed by atoms with Crippen LogP contribution in [0.1, 0.15) is 48.4 Å². The number of rotatable bonds is 3. The van der Waals surface area contributed by atoms with E-state index >= 15 is 0 Å². The van der Waals surface area contributed by atoms with Gasteiger partial charge in [-0.3, -0.25) is 9.59 Å². The molecular weight excluding hydrogens is 316 g/mol. The first-order chi connectivity index (χ1) is 12.1. The van der Waals surface area contributed by atoms with Gasteiger partial charge in [0.25, 0.3) is 0 Å². The first-order valence-corrected chi connectivity index (χ1v) is 8.85. The lowest BCUT2D eigenvalue weighted by Crippen LogP contribution is -2.38. The number of nitrogens with one attached hydrogen (secondary N) is 2. The fourth-order valence-corrected chi connectivity index (χ4v) is 3.84. The predicted octanol–water partition coefficient (Wildman–Crippen LogP) is 2.33. The van der Waals surface area contributed by atoms with Crippen molar-refractivity contribution in [1.29, 1.82) is 0 Å². The van der Waals surface area contributed by atoms with E-state index in [1.807, 2.05) is 11.6 Å². The van der Waals surface area contributed by atoms with E-state index in [2.05, 4.69) is 40.0 Å². The Bertz CT molecular complexity index is 827. The topological polar surface area (TPSA) is 76.0 Å². The molecule has 1 aromatic heterocycles. The molecule has 1 aromatic carbocycles. The van der Waals surface area contributed by atoms with Crippen LogP contribution in [0.25, 0.3) is 0 Å². The maximum atomic E-state index is 12.5.